The SMILES string of the molecule is CCNC(=NCC(c1ccc(C)o1)N1CCCC1)N1CCS(=O)(=O)C(C)(C)C1. The van der Waals surface area contributed by atoms with Gasteiger partial charge in [0, 0.05) is 19.6 Å². The summed E-state index contributed by atoms with van der Waals surface area (Å²) in [5.74, 6) is 2.83. The van der Waals surface area contributed by atoms with Gasteiger partial charge in [0.15, 0.2) is 15.8 Å². The van der Waals surface area contributed by atoms with Crippen LogP contribution in [0.5, 0.6) is 0 Å². The number of aryl methyl sites for hydroxylation is 1. The molecule has 0 aromatic carbocycles. The Morgan fingerprint density at radius 1 is 1.29 bits per heavy atom. The lowest BCUT2D eigenvalue weighted by molar-refractivity contribution is 0.218. The van der Waals surface area contributed by atoms with Crippen LogP contribution in [0.4, 0.5) is 0 Å². The van der Waals surface area contributed by atoms with Crippen molar-refractivity contribution in [3.05, 3.63) is 23.7 Å². The van der Waals surface area contributed by atoms with Crippen molar-refractivity contribution in [3.8, 4) is 0 Å². The van der Waals surface area contributed by atoms with E-state index in [4.69, 9.17) is 9.41 Å². The highest BCUT2D eigenvalue weighted by atomic mass is 32.2. The smallest absolute Gasteiger partial charge is 0.194 e. The molecule has 3 rings (SSSR count). The molecule has 0 radical (unpaired) electrons. The number of furan rings is 1. The Kier molecular flexibility index (Phi) is 6.39. The number of rotatable bonds is 5. The molecule has 0 amide bonds. The van der Waals surface area contributed by atoms with Gasteiger partial charge in [-0.05, 0) is 65.8 Å². The van der Waals surface area contributed by atoms with Gasteiger partial charge in [0.25, 0.3) is 0 Å². The van der Waals surface area contributed by atoms with E-state index in [2.05, 4.69) is 21.2 Å². The summed E-state index contributed by atoms with van der Waals surface area (Å²) in [6.07, 6.45) is 2.41. The van der Waals surface area contributed by atoms with E-state index in [0.29, 0.717) is 19.6 Å². The zero-order chi connectivity index (χ0) is 20.4. The third kappa shape index (κ3) is 4.54. The third-order valence-electron chi connectivity index (χ3n) is 5.76. The minimum Gasteiger partial charge on any atom is -0.465 e. The Bertz CT molecular complexity index is 794. The molecule has 0 spiro atoms. The van der Waals surface area contributed by atoms with E-state index >= 15 is 0 Å². The average Bonchev–Trinajstić information content (AvgIpc) is 3.29. The fourth-order valence-corrected chi connectivity index (χ4v) is 5.36. The van der Waals surface area contributed by atoms with Crippen LogP contribution in [0, 0.1) is 6.92 Å². The van der Waals surface area contributed by atoms with Crippen LogP contribution in [0.3, 0.4) is 0 Å². The van der Waals surface area contributed by atoms with Crippen LogP contribution in [0.15, 0.2) is 21.5 Å². The Labute approximate surface area is 169 Å². The van der Waals surface area contributed by atoms with Gasteiger partial charge in [-0.15, -0.1) is 0 Å². The summed E-state index contributed by atoms with van der Waals surface area (Å²) in [5.41, 5.74) is 0. The van der Waals surface area contributed by atoms with Gasteiger partial charge in [-0.25, -0.2) is 8.42 Å². The molecule has 0 aliphatic carbocycles. The fourth-order valence-electron chi connectivity index (χ4n) is 3.99. The second-order valence-electron chi connectivity index (χ2n) is 8.40. The van der Waals surface area contributed by atoms with Gasteiger partial charge < -0.3 is 14.6 Å². The van der Waals surface area contributed by atoms with Gasteiger partial charge in [0.2, 0.25) is 0 Å². The third-order valence-corrected chi connectivity index (χ3v) is 8.30. The van der Waals surface area contributed by atoms with Crippen molar-refractivity contribution in [2.24, 2.45) is 4.99 Å². The Hall–Kier alpha value is -1.54. The lowest BCUT2D eigenvalue weighted by Gasteiger charge is -2.39. The maximum Gasteiger partial charge on any atom is 0.194 e. The quantitative estimate of drug-likeness (QED) is 0.592. The van der Waals surface area contributed by atoms with Crippen molar-refractivity contribution in [1.29, 1.82) is 0 Å². The predicted molar refractivity (Wildman–Crippen MR) is 112 cm³/mol. The van der Waals surface area contributed by atoms with E-state index in [-0.39, 0.29) is 11.8 Å². The second-order valence-corrected chi connectivity index (χ2v) is 11.1. The topological polar surface area (TPSA) is 78.2 Å². The lowest BCUT2D eigenvalue weighted by Crippen LogP contribution is -2.57. The zero-order valence-corrected chi connectivity index (χ0v) is 18.4. The molecule has 3 heterocycles. The summed E-state index contributed by atoms with van der Waals surface area (Å²) >= 11 is 0. The molecular formula is C20H34N4O3S. The van der Waals surface area contributed by atoms with E-state index in [1.165, 1.54) is 12.8 Å². The minimum absolute atomic E-state index is 0.117. The maximum absolute atomic E-state index is 12.4. The molecule has 1 aromatic heterocycles. The molecule has 1 aromatic rings. The van der Waals surface area contributed by atoms with Gasteiger partial charge in [0.05, 0.1) is 23.1 Å². The summed E-state index contributed by atoms with van der Waals surface area (Å²) in [7, 11) is -3.07. The van der Waals surface area contributed by atoms with Gasteiger partial charge in [-0.2, -0.15) is 0 Å². The molecule has 158 valence electrons. The van der Waals surface area contributed by atoms with E-state index in [1.54, 1.807) is 13.8 Å². The monoisotopic (exact) mass is 410 g/mol. The first kappa shape index (κ1) is 21.2. The largest absolute Gasteiger partial charge is 0.465 e. The van der Waals surface area contributed by atoms with E-state index < -0.39 is 14.6 Å². The van der Waals surface area contributed by atoms with Gasteiger partial charge in [0.1, 0.15) is 11.5 Å². The average molecular weight is 411 g/mol. The van der Waals surface area contributed by atoms with Crippen LogP contribution in [-0.2, 0) is 9.84 Å². The molecule has 1 atom stereocenters. The number of guanidine groups is 1. The van der Waals surface area contributed by atoms with Crippen LogP contribution < -0.4 is 5.32 Å². The van der Waals surface area contributed by atoms with E-state index in [0.717, 1.165) is 37.1 Å². The fraction of sp³-hybridized carbons (Fsp3) is 0.750. The number of aliphatic imine (C=N–C) groups is 1. The van der Waals surface area contributed by atoms with E-state index in [9.17, 15) is 8.42 Å². The number of nitrogens with one attached hydrogen (secondary N) is 1. The molecule has 1 unspecified atom stereocenters. The Balaban J connectivity index is 1.80. The number of likely N-dealkylation sites (tertiary alicyclic amines) is 1. The molecule has 2 fully saturated rings. The first-order valence-corrected chi connectivity index (χ1v) is 11.9. The molecule has 0 bridgehead atoms. The lowest BCUT2D eigenvalue weighted by atomic mass is 10.2. The minimum atomic E-state index is -3.07. The highest BCUT2D eigenvalue weighted by Gasteiger charge is 2.41. The highest BCUT2D eigenvalue weighted by molar-refractivity contribution is 7.92. The highest BCUT2D eigenvalue weighted by Crippen LogP contribution is 2.28. The van der Waals surface area contributed by atoms with Crippen molar-refractivity contribution >= 4 is 15.8 Å². The first-order chi connectivity index (χ1) is 13.2. The number of hydrogen-bond donors (Lipinski definition) is 1. The second kappa shape index (κ2) is 8.45. The Morgan fingerprint density at radius 2 is 2.00 bits per heavy atom. The van der Waals surface area contributed by atoms with Crippen molar-refractivity contribution in [1.82, 2.24) is 15.1 Å². The van der Waals surface area contributed by atoms with Crippen LogP contribution in [0.2, 0.25) is 0 Å². The zero-order valence-electron chi connectivity index (χ0n) is 17.6. The van der Waals surface area contributed by atoms with Crippen molar-refractivity contribution in [2.45, 2.75) is 51.3 Å². The van der Waals surface area contributed by atoms with Crippen LogP contribution >= 0.6 is 0 Å². The predicted octanol–water partition coefficient (Wildman–Crippen LogP) is 2.20. The molecule has 2 aliphatic heterocycles. The number of nitrogens with zero attached hydrogens (tertiary/aromatic N) is 3. The summed E-state index contributed by atoms with van der Waals surface area (Å²) in [5, 5.41) is 3.35. The molecular weight excluding hydrogens is 376 g/mol. The van der Waals surface area contributed by atoms with Crippen LogP contribution in [0.25, 0.3) is 0 Å². The maximum atomic E-state index is 12.4. The summed E-state index contributed by atoms with van der Waals surface area (Å²) in [6, 6.07) is 4.18. The molecule has 1 N–H and O–H groups in total. The summed E-state index contributed by atoms with van der Waals surface area (Å²) < 4.78 is 29.9. The van der Waals surface area contributed by atoms with Gasteiger partial charge in [-0.3, -0.25) is 9.89 Å². The molecule has 2 aliphatic rings. The van der Waals surface area contributed by atoms with Crippen molar-refractivity contribution in [3.63, 3.8) is 0 Å². The normalized spacial score (nSPS) is 23.7. The summed E-state index contributed by atoms with van der Waals surface area (Å²) in [4.78, 5) is 9.44. The molecule has 2 saturated heterocycles. The van der Waals surface area contributed by atoms with Crippen molar-refractivity contribution in [2.75, 3.05) is 45.0 Å². The molecule has 28 heavy (non-hydrogen) atoms. The summed E-state index contributed by atoms with van der Waals surface area (Å²) in [6.45, 7) is 12.0. The number of sulfone groups is 1. The van der Waals surface area contributed by atoms with Crippen LogP contribution in [-0.4, -0.2) is 73.9 Å². The first-order valence-electron chi connectivity index (χ1n) is 10.3. The molecule has 0 saturated carbocycles. The molecule has 8 heteroatoms. The van der Waals surface area contributed by atoms with Gasteiger partial charge in [-0.1, -0.05) is 0 Å². The van der Waals surface area contributed by atoms with E-state index in [1.807, 2.05) is 19.9 Å². The van der Waals surface area contributed by atoms with Gasteiger partial charge >= 0.3 is 0 Å². The number of hydrogen-bond acceptors (Lipinski definition) is 5. The van der Waals surface area contributed by atoms with Crippen LogP contribution in [0.1, 0.15) is 51.2 Å². The molecule has 7 nitrogen and oxygen atoms in total. The Morgan fingerprint density at radius 3 is 2.57 bits per heavy atom. The van der Waals surface area contributed by atoms with Crippen molar-refractivity contribution < 1.29 is 12.8 Å². The standard InChI is InChI=1S/C20H34N4O3S/c1-5-21-19(24-12-13-28(25,26)20(3,4)15-24)22-14-17(23-10-6-7-11-23)18-9-8-16(2)27-18/h8-9,17H,5-7,10-15H2,1-4H3,(H,21,22).